The SMILES string of the molecule is C=CCn1c(CC(=O)Nc2ccc(OCC)cc2)nnc1SCC(=O)Nc1ccc(Cl)cc1. The van der Waals surface area contributed by atoms with Crippen LogP contribution in [0.5, 0.6) is 5.75 Å². The Hall–Kier alpha value is -3.30. The molecule has 0 aliphatic heterocycles. The summed E-state index contributed by atoms with van der Waals surface area (Å²) >= 11 is 7.09. The molecule has 0 fully saturated rings. The Bertz CT molecular complexity index is 1100. The molecule has 1 aromatic heterocycles. The largest absolute Gasteiger partial charge is 0.494 e. The summed E-state index contributed by atoms with van der Waals surface area (Å²) in [5.41, 5.74) is 1.32. The van der Waals surface area contributed by atoms with E-state index in [2.05, 4.69) is 27.4 Å². The predicted octanol–water partition coefficient (Wildman–Crippen LogP) is 4.43. The van der Waals surface area contributed by atoms with Crippen molar-refractivity contribution in [2.45, 2.75) is 25.0 Å². The van der Waals surface area contributed by atoms with E-state index >= 15 is 0 Å². The Kier molecular flexibility index (Phi) is 8.91. The van der Waals surface area contributed by atoms with Crippen LogP contribution < -0.4 is 15.4 Å². The minimum Gasteiger partial charge on any atom is -0.494 e. The lowest BCUT2D eigenvalue weighted by atomic mass is 10.3. The van der Waals surface area contributed by atoms with Crippen LogP contribution >= 0.6 is 23.4 Å². The number of halogens is 1. The Balaban J connectivity index is 1.58. The minimum absolute atomic E-state index is 0.0333. The fraction of sp³-hybridized carbons (Fsp3) is 0.217. The van der Waals surface area contributed by atoms with Crippen LogP contribution in [0.15, 0.2) is 66.3 Å². The monoisotopic (exact) mass is 485 g/mol. The lowest BCUT2D eigenvalue weighted by Crippen LogP contribution is -2.18. The normalized spacial score (nSPS) is 10.5. The molecule has 2 N–H and O–H groups in total. The summed E-state index contributed by atoms with van der Waals surface area (Å²) in [6, 6.07) is 14.0. The molecule has 0 unspecified atom stereocenters. The molecule has 8 nitrogen and oxygen atoms in total. The zero-order valence-electron chi connectivity index (χ0n) is 18.1. The molecule has 3 rings (SSSR count). The van der Waals surface area contributed by atoms with Crippen LogP contribution in [0.4, 0.5) is 11.4 Å². The average Bonchev–Trinajstić information content (AvgIpc) is 3.17. The van der Waals surface area contributed by atoms with Gasteiger partial charge in [0.15, 0.2) is 5.16 Å². The van der Waals surface area contributed by atoms with E-state index in [9.17, 15) is 9.59 Å². The van der Waals surface area contributed by atoms with Crippen LogP contribution in [-0.4, -0.2) is 38.9 Å². The summed E-state index contributed by atoms with van der Waals surface area (Å²) in [5.74, 6) is 0.942. The van der Waals surface area contributed by atoms with Crippen LogP contribution in [0.3, 0.4) is 0 Å². The van der Waals surface area contributed by atoms with Gasteiger partial charge in [-0.2, -0.15) is 0 Å². The van der Waals surface area contributed by atoms with E-state index in [0.29, 0.717) is 40.5 Å². The molecule has 33 heavy (non-hydrogen) atoms. The Morgan fingerprint density at radius 2 is 1.70 bits per heavy atom. The zero-order valence-corrected chi connectivity index (χ0v) is 19.7. The lowest BCUT2D eigenvalue weighted by Gasteiger charge is -2.09. The summed E-state index contributed by atoms with van der Waals surface area (Å²) in [6.45, 7) is 6.66. The topological polar surface area (TPSA) is 98.1 Å². The number of aromatic nitrogens is 3. The first-order valence-electron chi connectivity index (χ1n) is 10.2. The maximum absolute atomic E-state index is 12.5. The van der Waals surface area contributed by atoms with E-state index in [1.807, 2.05) is 6.92 Å². The number of nitrogens with zero attached hydrogens (tertiary/aromatic N) is 3. The second-order valence-electron chi connectivity index (χ2n) is 6.82. The number of benzene rings is 2. The van der Waals surface area contributed by atoms with Gasteiger partial charge in [0.2, 0.25) is 11.8 Å². The Morgan fingerprint density at radius 3 is 2.33 bits per heavy atom. The number of anilines is 2. The van der Waals surface area contributed by atoms with Crippen molar-refractivity contribution in [3.8, 4) is 5.75 Å². The number of carbonyl (C=O) groups is 2. The second kappa shape index (κ2) is 12.1. The summed E-state index contributed by atoms with van der Waals surface area (Å²) in [5, 5.41) is 15.1. The fourth-order valence-electron chi connectivity index (χ4n) is 2.88. The number of rotatable bonds is 11. The highest BCUT2D eigenvalue weighted by atomic mass is 35.5. The summed E-state index contributed by atoms with van der Waals surface area (Å²) in [4.78, 5) is 24.8. The van der Waals surface area contributed by atoms with Crippen molar-refractivity contribution < 1.29 is 14.3 Å². The standard InChI is InChI=1S/C23H24ClN5O3S/c1-3-13-29-20(14-21(30)25-18-9-11-19(12-10-18)32-4-2)27-28-23(29)33-15-22(31)26-17-7-5-16(24)6-8-17/h3,5-12H,1,4,13-15H2,2H3,(H,25,30)(H,26,31). The molecule has 0 bridgehead atoms. The molecule has 2 aromatic carbocycles. The molecular formula is C23H24ClN5O3S. The van der Waals surface area contributed by atoms with E-state index in [1.54, 1.807) is 59.2 Å². The van der Waals surface area contributed by atoms with Gasteiger partial charge in [-0.15, -0.1) is 16.8 Å². The first kappa shape index (κ1) is 24.3. The van der Waals surface area contributed by atoms with E-state index in [0.717, 1.165) is 5.75 Å². The number of hydrogen-bond acceptors (Lipinski definition) is 6. The van der Waals surface area contributed by atoms with Crippen molar-refractivity contribution in [3.63, 3.8) is 0 Å². The number of ether oxygens (including phenoxy) is 1. The minimum atomic E-state index is -0.228. The molecule has 2 amide bonds. The molecule has 10 heteroatoms. The quantitative estimate of drug-likeness (QED) is 0.308. The first-order valence-corrected chi connectivity index (χ1v) is 11.6. The fourth-order valence-corrected chi connectivity index (χ4v) is 3.77. The van der Waals surface area contributed by atoms with Crippen LogP contribution in [0.1, 0.15) is 12.7 Å². The van der Waals surface area contributed by atoms with Crippen molar-refractivity contribution in [1.82, 2.24) is 14.8 Å². The van der Waals surface area contributed by atoms with Crippen molar-refractivity contribution in [3.05, 3.63) is 72.0 Å². The van der Waals surface area contributed by atoms with Gasteiger partial charge in [0.05, 0.1) is 18.8 Å². The van der Waals surface area contributed by atoms with Gasteiger partial charge >= 0.3 is 0 Å². The third-order valence-electron chi connectivity index (χ3n) is 4.33. The zero-order chi connectivity index (χ0) is 23.6. The molecular weight excluding hydrogens is 462 g/mol. The molecule has 0 aliphatic rings. The number of nitrogens with one attached hydrogen (secondary N) is 2. The van der Waals surface area contributed by atoms with Gasteiger partial charge < -0.3 is 19.9 Å². The van der Waals surface area contributed by atoms with Gasteiger partial charge in [-0.3, -0.25) is 9.59 Å². The molecule has 0 saturated heterocycles. The smallest absolute Gasteiger partial charge is 0.234 e. The Labute approximate surface area is 201 Å². The summed E-state index contributed by atoms with van der Waals surface area (Å²) in [7, 11) is 0. The maximum atomic E-state index is 12.5. The van der Waals surface area contributed by atoms with Crippen molar-refractivity contribution in [2.24, 2.45) is 0 Å². The summed E-state index contributed by atoms with van der Waals surface area (Å²) in [6.07, 6.45) is 1.72. The van der Waals surface area contributed by atoms with Crippen LogP contribution in [0.25, 0.3) is 0 Å². The predicted molar refractivity (Wildman–Crippen MR) is 131 cm³/mol. The van der Waals surface area contributed by atoms with E-state index in [1.165, 1.54) is 11.8 Å². The molecule has 0 saturated carbocycles. The van der Waals surface area contributed by atoms with Gasteiger partial charge in [-0.1, -0.05) is 29.4 Å². The maximum Gasteiger partial charge on any atom is 0.234 e. The van der Waals surface area contributed by atoms with Crippen LogP contribution in [0, 0.1) is 0 Å². The number of amides is 2. The molecule has 3 aromatic rings. The summed E-state index contributed by atoms with van der Waals surface area (Å²) < 4.78 is 7.17. The molecule has 1 heterocycles. The molecule has 0 spiro atoms. The molecule has 0 radical (unpaired) electrons. The van der Waals surface area contributed by atoms with Crippen molar-refractivity contribution in [1.29, 1.82) is 0 Å². The number of hydrogen-bond donors (Lipinski definition) is 2. The first-order chi connectivity index (χ1) is 16.0. The third-order valence-corrected chi connectivity index (χ3v) is 5.55. The number of allylic oxidation sites excluding steroid dienone is 1. The van der Waals surface area contributed by atoms with Crippen molar-refractivity contribution in [2.75, 3.05) is 23.0 Å². The van der Waals surface area contributed by atoms with Gasteiger partial charge in [-0.05, 0) is 55.5 Å². The van der Waals surface area contributed by atoms with Gasteiger partial charge in [0.1, 0.15) is 11.6 Å². The van der Waals surface area contributed by atoms with Gasteiger partial charge in [0, 0.05) is 22.9 Å². The molecule has 0 aliphatic carbocycles. The average molecular weight is 486 g/mol. The van der Waals surface area contributed by atoms with Crippen LogP contribution in [-0.2, 0) is 22.6 Å². The number of carbonyl (C=O) groups excluding carboxylic acids is 2. The number of thioether (sulfide) groups is 1. The lowest BCUT2D eigenvalue weighted by molar-refractivity contribution is -0.116. The van der Waals surface area contributed by atoms with Crippen LogP contribution in [0.2, 0.25) is 5.02 Å². The Morgan fingerprint density at radius 1 is 1.06 bits per heavy atom. The van der Waals surface area contributed by atoms with Crippen molar-refractivity contribution >= 4 is 46.6 Å². The highest BCUT2D eigenvalue weighted by Crippen LogP contribution is 2.20. The highest BCUT2D eigenvalue weighted by Gasteiger charge is 2.16. The second-order valence-corrected chi connectivity index (χ2v) is 8.20. The van der Waals surface area contributed by atoms with E-state index in [4.69, 9.17) is 16.3 Å². The van der Waals surface area contributed by atoms with Gasteiger partial charge in [0.25, 0.3) is 0 Å². The van der Waals surface area contributed by atoms with E-state index < -0.39 is 0 Å². The highest BCUT2D eigenvalue weighted by molar-refractivity contribution is 7.99. The molecule has 172 valence electrons. The van der Waals surface area contributed by atoms with E-state index in [-0.39, 0.29) is 24.0 Å². The third kappa shape index (κ3) is 7.37. The van der Waals surface area contributed by atoms with Gasteiger partial charge in [-0.25, -0.2) is 0 Å². The molecule has 0 atom stereocenters.